The number of rotatable bonds is 6. The second-order valence-corrected chi connectivity index (χ2v) is 10.3. The number of benzene rings is 2. The first-order valence-corrected chi connectivity index (χ1v) is 12.8. The highest BCUT2D eigenvalue weighted by Gasteiger charge is 2.33. The minimum absolute atomic E-state index is 0.219. The molecule has 3 atom stereocenters. The van der Waals surface area contributed by atoms with E-state index in [-0.39, 0.29) is 6.04 Å². The average molecular weight is 502 g/mol. The summed E-state index contributed by atoms with van der Waals surface area (Å²) in [5.74, 6) is 0. The van der Waals surface area contributed by atoms with Crippen LogP contribution in [0, 0.1) is 0 Å². The summed E-state index contributed by atoms with van der Waals surface area (Å²) in [6.45, 7) is 5.24. The molecule has 0 bridgehead atoms. The van der Waals surface area contributed by atoms with Gasteiger partial charge in [0.1, 0.15) is 0 Å². The van der Waals surface area contributed by atoms with Crippen LogP contribution in [0.15, 0.2) is 77.9 Å². The van der Waals surface area contributed by atoms with E-state index in [2.05, 4.69) is 53.6 Å². The summed E-state index contributed by atoms with van der Waals surface area (Å²) in [5.41, 5.74) is 5.25. The monoisotopic (exact) mass is 500 g/mol. The summed E-state index contributed by atoms with van der Waals surface area (Å²) >= 11 is 19.0. The zero-order chi connectivity index (χ0) is 23.4. The highest BCUT2D eigenvalue weighted by molar-refractivity contribution is 6.36. The molecule has 2 nitrogen and oxygen atoms in total. The lowest BCUT2D eigenvalue weighted by molar-refractivity contribution is 0.329. The number of halogens is 3. The molecule has 5 heteroatoms. The van der Waals surface area contributed by atoms with Gasteiger partial charge in [-0.25, -0.2) is 0 Å². The van der Waals surface area contributed by atoms with E-state index in [4.69, 9.17) is 34.8 Å². The third-order valence-corrected chi connectivity index (χ3v) is 7.51. The van der Waals surface area contributed by atoms with Crippen molar-refractivity contribution < 1.29 is 0 Å². The van der Waals surface area contributed by atoms with Crippen LogP contribution in [-0.4, -0.2) is 18.6 Å². The molecule has 0 saturated carbocycles. The molecule has 3 unspecified atom stereocenters. The van der Waals surface area contributed by atoms with Crippen LogP contribution in [0.25, 0.3) is 0 Å². The second kappa shape index (κ2) is 11.1. The maximum atomic E-state index is 6.62. The van der Waals surface area contributed by atoms with Crippen LogP contribution in [-0.2, 0) is 0 Å². The molecule has 1 N–H and O–H groups in total. The van der Waals surface area contributed by atoms with Gasteiger partial charge in [0.2, 0.25) is 0 Å². The molecule has 0 radical (unpaired) electrons. The van der Waals surface area contributed by atoms with Crippen molar-refractivity contribution in [3.8, 4) is 0 Å². The van der Waals surface area contributed by atoms with Crippen molar-refractivity contribution in [3.63, 3.8) is 0 Å². The Labute approximate surface area is 212 Å². The maximum absolute atomic E-state index is 6.62. The van der Waals surface area contributed by atoms with Crippen LogP contribution in [0.1, 0.15) is 51.1 Å². The molecule has 0 spiro atoms. The van der Waals surface area contributed by atoms with Crippen molar-refractivity contribution in [1.29, 1.82) is 0 Å². The van der Waals surface area contributed by atoms with Gasteiger partial charge < -0.3 is 10.2 Å². The van der Waals surface area contributed by atoms with Gasteiger partial charge >= 0.3 is 0 Å². The van der Waals surface area contributed by atoms with Crippen LogP contribution in [0.2, 0.25) is 15.1 Å². The zero-order valence-electron chi connectivity index (χ0n) is 19.2. The van der Waals surface area contributed by atoms with Crippen LogP contribution < -0.4 is 10.2 Å². The van der Waals surface area contributed by atoms with E-state index in [1.54, 1.807) is 0 Å². The Bertz CT molecular complexity index is 1060. The Kier molecular flexibility index (Phi) is 8.24. The molecule has 2 aromatic carbocycles. The van der Waals surface area contributed by atoms with Gasteiger partial charge in [0, 0.05) is 28.7 Å². The summed E-state index contributed by atoms with van der Waals surface area (Å²) in [6, 6.07) is 15.2. The maximum Gasteiger partial charge on any atom is 0.0654 e. The Morgan fingerprint density at radius 3 is 2.42 bits per heavy atom. The molecule has 0 amide bonds. The first kappa shape index (κ1) is 24.4. The van der Waals surface area contributed by atoms with Crippen molar-refractivity contribution in [3.05, 3.63) is 98.5 Å². The molecule has 1 saturated heterocycles. The van der Waals surface area contributed by atoms with Crippen molar-refractivity contribution in [2.45, 2.75) is 57.7 Å². The summed E-state index contributed by atoms with van der Waals surface area (Å²) in [7, 11) is 0. The van der Waals surface area contributed by atoms with Crippen molar-refractivity contribution >= 4 is 40.5 Å². The third kappa shape index (κ3) is 6.05. The molecule has 174 valence electrons. The number of hydrogen-bond acceptors (Lipinski definition) is 2. The predicted octanol–water partition coefficient (Wildman–Crippen LogP) is 8.56. The first-order chi connectivity index (χ1) is 15.9. The van der Waals surface area contributed by atoms with Crippen molar-refractivity contribution in [1.82, 2.24) is 5.32 Å². The topological polar surface area (TPSA) is 15.3 Å². The van der Waals surface area contributed by atoms with Crippen molar-refractivity contribution in [2.24, 2.45) is 0 Å². The highest BCUT2D eigenvalue weighted by atomic mass is 35.5. The van der Waals surface area contributed by atoms with E-state index in [1.807, 2.05) is 37.3 Å². The van der Waals surface area contributed by atoms with E-state index >= 15 is 0 Å². The molecular formula is C28H31Cl3N2. The van der Waals surface area contributed by atoms with E-state index in [0.29, 0.717) is 22.1 Å². The number of nitrogens with one attached hydrogen (secondary N) is 1. The number of nitrogens with zero attached hydrogens (tertiary/aromatic N) is 1. The van der Waals surface area contributed by atoms with Gasteiger partial charge in [0.05, 0.1) is 16.8 Å². The van der Waals surface area contributed by atoms with Crippen LogP contribution >= 0.6 is 34.8 Å². The lowest BCUT2D eigenvalue weighted by Gasteiger charge is -2.42. The Morgan fingerprint density at radius 2 is 1.70 bits per heavy atom. The van der Waals surface area contributed by atoms with Gasteiger partial charge in [-0.05, 0) is 81.0 Å². The van der Waals surface area contributed by atoms with E-state index in [1.165, 1.54) is 16.7 Å². The molecule has 1 fully saturated rings. The largest absolute Gasteiger partial charge is 0.363 e. The number of anilines is 1. The van der Waals surface area contributed by atoms with E-state index in [0.717, 1.165) is 42.9 Å². The van der Waals surface area contributed by atoms with Crippen molar-refractivity contribution in [2.75, 3.05) is 11.4 Å². The molecule has 0 aromatic heterocycles. The summed E-state index contributed by atoms with van der Waals surface area (Å²) in [6.07, 6.45) is 12.9. The average Bonchev–Trinajstić information content (AvgIpc) is 3.13. The van der Waals surface area contributed by atoms with E-state index < -0.39 is 0 Å². The number of piperidine rings is 1. The molecule has 33 heavy (non-hydrogen) atoms. The molecule has 4 rings (SSSR count). The minimum Gasteiger partial charge on any atom is -0.363 e. The zero-order valence-corrected chi connectivity index (χ0v) is 21.5. The lowest BCUT2D eigenvalue weighted by atomic mass is 9.90. The highest BCUT2D eigenvalue weighted by Crippen LogP contribution is 2.40. The Morgan fingerprint density at radius 1 is 0.939 bits per heavy atom. The van der Waals surface area contributed by atoms with Gasteiger partial charge in [-0.15, -0.1) is 0 Å². The smallest absolute Gasteiger partial charge is 0.0654 e. The first-order valence-electron chi connectivity index (χ1n) is 11.7. The van der Waals surface area contributed by atoms with Crippen LogP contribution in [0.3, 0.4) is 0 Å². The Hall–Kier alpha value is -1.71. The molecular weight excluding hydrogens is 471 g/mol. The van der Waals surface area contributed by atoms with Gasteiger partial charge in [0.15, 0.2) is 0 Å². The van der Waals surface area contributed by atoms with Gasteiger partial charge in [-0.3, -0.25) is 0 Å². The summed E-state index contributed by atoms with van der Waals surface area (Å²) < 4.78 is 0. The van der Waals surface area contributed by atoms with E-state index in [9.17, 15) is 0 Å². The molecule has 1 aliphatic carbocycles. The molecule has 2 aromatic rings. The quantitative estimate of drug-likeness (QED) is 0.399. The predicted molar refractivity (Wildman–Crippen MR) is 144 cm³/mol. The van der Waals surface area contributed by atoms with Crippen LogP contribution in [0.4, 0.5) is 5.69 Å². The fourth-order valence-corrected chi connectivity index (χ4v) is 5.72. The van der Waals surface area contributed by atoms with Crippen LogP contribution in [0.5, 0.6) is 0 Å². The van der Waals surface area contributed by atoms with Gasteiger partial charge in [-0.2, -0.15) is 0 Å². The lowest BCUT2D eigenvalue weighted by Crippen LogP contribution is -2.47. The number of hydrogen-bond donors (Lipinski definition) is 1. The summed E-state index contributed by atoms with van der Waals surface area (Å²) in [4.78, 5) is 2.42. The standard InChI is InChI=1S/C28H31Cl3N2/c1-3-4-5-6-21-16-25(15-19(21)2)32-24-13-14-33(27-12-11-23(30)17-26(27)31)28(18-24)20-7-9-22(29)10-8-20/h3-12,17,24-25,28,32H,13-16,18H2,1-2H3/b4-3-,6-5-. The SMILES string of the molecule is C/C=C\C=C/C1=C(C)CC(NC2CCN(c3ccc(Cl)cc3Cl)C(c3ccc(Cl)cc3)C2)C1. The normalized spacial score (nSPS) is 23.9. The fourth-order valence-electron chi connectivity index (χ4n) is 5.08. The molecule has 1 aliphatic heterocycles. The molecule has 2 aliphatic rings. The van der Waals surface area contributed by atoms with Gasteiger partial charge in [0.25, 0.3) is 0 Å². The van der Waals surface area contributed by atoms with Gasteiger partial charge in [-0.1, -0.05) is 76.8 Å². The number of allylic oxidation sites excluding steroid dienone is 4. The second-order valence-electron chi connectivity index (χ2n) is 9.04. The Balaban J connectivity index is 1.50. The molecule has 1 heterocycles. The minimum atomic E-state index is 0.219. The summed E-state index contributed by atoms with van der Waals surface area (Å²) in [5, 5.41) is 6.09. The fraction of sp³-hybridized carbons (Fsp3) is 0.357. The third-order valence-electron chi connectivity index (χ3n) is 6.72.